The minimum absolute atomic E-state index is 0.231. The van der Waals surface area contributed by atoms with Crippen molar-refractivity contribution >= 4 is 17.1 Å². The smallest absolute Gasteiger partial charge is 0.178 e. The van der Waals surface area contributed by atoms with Gasteiger partial charge in [0.2, 0.25) is 0 Å². The van der Waals surface area contributed by atoms with Crippen LogP contribution >= 0.6 is 11.3 Å². The van der Waals surface area contributed by atoms with Gasteiger partial charge in [0, 0.05) is 17.1 Å². The van der Waals surface area contributed by atoms with Crippen LogP contribution in [0.4, 0.5) is 0 Å². The molecule has 0 atom stereocenters. The normalized spacial score (nSPS) is 13.8. The molecule has 0 aliphatic heterocycles. The third-order valence-corrected chi connectivity index (χ3v) is 4.93. The first-order valence-corrected chi connectivity index (χ1v) is 7.67. The zero-order valence-corrected chi connectivity index (χ0v) is 12.2. The monoisotopic (exact) mass is 274 g/mol. The number of fused-ring (bicyclic) bond motifs is 1. The molecule has 0 saturated heterocycles. The number of hydrogen-bond acceptors (Lipinski definition) is 3. The topological polar surface area (TPSA) is 34.9 Å². The molecule has 1 aliphatic carbocycles. The molecule has 0 saturated carbocycles. The lowest BCUT2D eigenvalue weighted by molar-refractivity contribution is 0.0994. The molecule has 0 aromatic carbocycles. The molecular weight excluding hydrogens is 256 g/mol. The van der Waals surface area contributed by atoms with Crippen molar-refractivity contribution in [1.82, 2.24) is 9.78 Å². The number of ketones is 1. The third-order valence-electron chi connectivity index (χ3n) is 3.65. The number of carbonyl (C=O) groups excluding carboxylic acids is 1. The van der Waals surface area contributed by atoms with Crippen LogP contribution in [0.25, 0.3) is 0 Å². The quantitative estimate of drug-likeness (QED) is 0.803. The average Bonchev–Trinajstić information content (AvgIpc) is 3.02. The van der Waals surface area contributed by atoms with Gasteiger partial charge in [-0.2, -0.15) is 5.10 Å². The molecule has 2 aromatic heterocycles. The molecule has 3 nitrogen and oxygen atoms in total. The van der Waals surface area contributed by atoms with Crippen LogP contribution in [0.1, 0.15) is 44.8 Å². The Morgan fingerprint density at radius 2 is 2.26 bits per heavy atom. The van der Waals surface area contributed by atoms with Crippen LogP contribution in [0.2, 0.25) is 0 Å². The van der Waals surface area contributed by atoms with Gasteiger partial charge in [-0.3, -0.25) is 9.48 Å². The van der Waals surface area contributed by atoms with Crippen LogP contribution in [-0.4, -0.2) is 15.6 Å². The van der Waals surface area contributed by atoms with Crippen LogP contribution in [0.15, 0.2) is 12.1 Å². The van der Waals surface area contributed by atoms with Crippen LogP contribution < -0.4 is 0 Å². The second-order valence-electron chi connectivity index (χ2n) is 5.11. The number of hydrogen-bond donors (Lipinski definition) is 0. The number of nitrogens with zero attached hydrogens (tertiary/aromatic N) is 2. The summed E-state index contributed by atoms with van der Waals surface area (Å²) in [6.45, 7) is 4.84. The molecule has 100 valence electrons. The highest BCUT2D eigenvalue weighted by molar-refractivity contribution is 7.14. The molecule has 0 unspecified atom stereocenters. The average molecular weight is 274 g/mol. The van der Waals surface area contributed by atoms with Crippen molar-refractivity contribution in [3.63, 3.8) is 0 Å². The SMILES string of the molecule is CCn1nc(C)cc1CC(=O)c1cc2c(s1)CCC2. The first kappa shape index (κ1) is 12.6. The van der Waals surface area contributed by atoms with Crippen molar-refractivity contribution in [3.8, 4) is 0 Å². The van der Waals surface area contributed by atoms with Crippen molar-refractivity contribution in [2.24, 2.45) is 0 Å². The molecule has 2 heterocycles. The molecule has 1 aliphatic rings. The molecule has 4 heteroatoms. The maximum Gasteiger partial charge on any atom is 0.178 e. The number of aryl methyl sites for hydroxylation is 4. The summed E-state index contributed by atoms with van der Waals surface area (Å²) in [7, 11) is 0. The summed E-state index contributed by atoms with van der Waals surface area (Å²) < 4.78 is 1.93. The van der Waals surface area contributed by atoms with E-state index < -0.39 is 0 Å². The van der Waals surface area contributed by atoms with E-state index in [9.17, 15) is 4.79 Å². The largest absolute Gasteiger partial charge is 0.293 e. The van der Waals surface area contributed by atoms with Gasteiger partial charge in [0.25, 0.3) is 0 Å². The minimum Gasteiger partial charge on any atom is -0.293 e. The van der Waals surface area contributed by atoms with E-state index in [1.165, 1.54) is 16.9 Å². The third kappa shape index (κ3) is 2.37. The fraction of sp³-hybridized carbons (Fsp3) is 0.467. The second-order valence-corrected chi connectivity index (χ2v) is 6.24. The first-order valence-electron chi connectivity index (χ1n) is 6.85. The van der Waals surface area contributed by atoms with E-state index in [2.05, 4.69) is 18.1 Å². The number of Topliss-reactive ketones (excluding diaryl/α,β-unsaturated/α-hetero) is 1. The summed E-state index contributed by atoms with van der Waals surface area (Å²) >= 11 is 1.69. The van der Waals surface area contributed by atoms with Crippen molar-refractivity contribution in [2.75, 3.05) is 0 Å². The summed E-state index contributed by atoms with van der Waals surface area (Å²) in [5, 5.41) is 4.39. The zero-order chi connectivity index (χ0) is 13.4. The lowest BCUT2D eigenvalue weighted by Crippen LogP contribution is -2.08. The maximum atomic E-state index is 12.4. The van der Waals surface area contributed by atoms with Gasteiger partial charge < -0.3 is 0 Å². The molecule has 0 fully saturated rings. The van der Waals surface area contributed by atoms with Crippen LogP contribution in [0.3, 0.4) is 0 Å². The summed E-state index contributed by atoms with van der Waals surface area (Å²) in [5.41, 5.74) is 3.41. The molecule has 0 radical (unpaired) electrons. The highest BCUT2D eigenvalue weighted by Crippen LogP contribution is 2.31. The Balaban J connectivity index is 1.80. The van der Waals surface area contributed by atoms with Gasteiger partial charge in [-0.15, -0.1) is 11.3 Å². The fourth-order valence-corrected chi connectivity index (χ4v) is 3.92. The van der Waals surface area contributed by atoms with Gasteiger partial charge in [0.15, 0.2) is 5.78 Å². The summed E-state index contributed by atoms with van der Waals surface area (Å²) in [5.74, 6) is 0.231. The van der Waals surface area contributed by atoms with E-state index in [0.717, 1.165) is 35.7 Å². The predicted octanol–water partition coefficient (Wildman–Crippen LogP) is 3.19. The van der Waals surface area contributed by atoms with Crippen molar-refractivity contribution in [1.29, 1.82) is 0 Å². The highest BCUT2D eigenvalue weighted by Gasteiger charge is 2.19. The predicted molar refractivity (Wildman–Crippen MR) is 77.0 cm³/mol. The van der Waals surface area contributed by atoms with Crippen molar-refractivity contribution in [3.05, 3.63) is 38.8 Å². The molecule has 0 N–H and O–H groups in total. The number of thiophene rings is 1. The molecule has 0 amide bonds. The Labute approximate surface area is 117 Å². The van der Waals surface area contributed by atoms with E-state index >= 15 is 0 Å². The van der Waals surface area contributed by atoms with Crippen molar-refractivity contribution < 1.29 is 4.79 Å². The molecule has 2 aromatic rings. The van der Waals surface area contributed by atoms with E-state index in [4.69, 9.17) is 0 Å². The summed E-state index contributed by atoms with van der Waals surface area (Å²) in [6, 6.07) is 4.12. The molecular formula is C15H18N2OS. The standard InChI is InChI=1S/C15H18N2OS/c1-3-17-12(7-10(2)16-17)9-13(18)15-8-11-5-4-6-14(11)19-15/h7-8H,3-6,9H2,1-2H3. The second kappa shape index (κ2) is 4.93. The Hall–Kier alpha value is -1.42. The Bertz CT molecular complexity index is 603. The summed E-state index contributed by atoms with van der Waals surface area (Å²) in [6.07, 6.45) is 4.01. The maximum absolute atomic E-state index is 12.4. The van der Waals surface area contributed by atoms with Gasteiger partial charge in [0.05, 0.1) is 17.0 Å². The van der Waals surface area contributed by atoms with E-state index in [-0.39, 0.29) is 5.78 Å². The molecule has 0 bridgehead atoms. The Morgan fingerprint density at radius 1 is 1.42 bits per heavy atom. The summed E-state index contributed by atoms with van der Waals surface area (Å²) in [4.78, 5) is 14.7. The number of aromatic nitrogens is 2. The molecule has 19 heavy (non-hydrogen) atoms. The Morgan fingerprint density at radius 3 is 3.00 bits per heavy atom. The first-order chi connectivity index (χ1) is 9.17. The van der Waals surface area contributed by atoms with E-state index in [0.29, 0.717) is 6.42 Å². The van der Waals surface area contributed by atoms with Gasteiger partial charge in [-0.05, 0) is 50.8 Å². The van der Waals surface area contributed by atoms with Crippen LogP contribution in [0.5, 0.6) is 0 Å². The van der Waals surface area contributed by atoms with Gasteiger partial charge >= 0.3 is 0 Å². The number of carbonyl (C=O) groups is 1. The Kier molecular flexibility index (Phi) is 3.27. The van der Waals surface area contributed by atoms with Crippen LogP contribution in [-0.2, 0) is 25.8 Å². The zero-order valence-electron chi connectivity index (χ0n) is 11.4. The van der Waals surface area contributed by atoms with Gasteiger partial charge in [0.1, 0.15) is 0 Å². The lowest BCUT2D eigenvalue weighted by Gasteiger charge is -2.02. The van der Waals surface area contributed by atoms with E-state index in [1.807, 2.05) is 17.7 Å². The minimum atomic E-state index is 0.231. The lowest BCUT2D eigenvalue weighted by atomic mass is 10.1. The van der Waals surface area contributed by atoms with E-state index in [1.54, 1.807) is 11.3 Å². The number of rotatable bonds is 4. The highest BCUT2D eigenvalue weighted by atomic mass is 32.1. The molecule has 3 rings (SSSR count). The fourth-order valence-electron chi connectivity index (χ4n) is 2.73. The van der Waals surface area contributed by atoms with Crippen molar-refractivity contribution in [2.45, 2.75) is 46.1 Å². The van der Waals surface area contributed by atoms with Gasteiger partial charge in [-0.1, -0.05) is 0 Å². The van der Waals surface area contributed by atoms with Crippen LogP contribution in [0, 0.1) is 6.92 Å². The molecule has 0 spiro atoms. The van der Waals surface area contributed by atoms with Gasteiger partial charge in [-0.25, -0.2) is 0 Å².